The molecule has 282 valence electrons. The second-order valence-corrected chi connectivity index (χ2v) is 14.0. The van der Waals surface area contributed by atoms with Crippen LogP contribution in [0.15, 0.2) is 72.8 Å². The zero-order valence-electron chi connectivity index (χ0n) is 29.8. The molecule has 0 aromatic heterocycles. The number of fused-ring (bicyclic) bond motifs is 3. The summed E-state index contributed by atoms with van der Waals surface area (Å²) in [5.41, 5.74) is 3.86. The SMILES string of the molecule is Cc1cc(N2C(=O)C3CC4CC(=O)N(C)C(=O)C4C3C2=O)ccc1CCOC(=O)/C=C/c1ccc(OC(=O)c2ccc(CCCCC(F)(F)F)cc2)cc1. The van der Waals surface area contributed by atoms with Crippen LogP contribution in [0.2, 0.25) is 0 Å². The fourth-order valence-electron chi connectivity index (χ4n) is 7.54. The molecule has 3 fully saturated rings. The molecule has 0 spiro atoms. The van der Waals surface area contributed by atoms with Gasteiger partial charge < -0.3 is 9.47 Å². The van der Waals surface area contributed by atoms with Crippen LogP contribution >= 0.6 is 0 Å². The molecular weight excluding hydrogens is 705 g/mol. The quantitative estimate of drug-likeness (QED) is 0.0684. The fraction of sp³-hybridized carbons (Fsp3) is 0.366. The van der Waals surface area contributed by atoms with E-state index in [2.05, 4.69) is 0 Å². The number of aryl methyl sites for hydroxylation is 2. The molecule has 4 unspecified atom stereocenters. The van der Waals surface area contributed by atoms with Crippen molar-refractivity contribution in [3.63, 3.8) is 0 Å². The summed E-state index contributed by atoms with van der Waals surface area (Å²) in [5, 5.41) is 0. The summed E-state index contributed by atoms with van der Waals surface area (Å²) in [7, 11) is 1.41. The Balaban J connectivity index is 0.947. The van der Waals surface area contributed by atoms with Crippen molar-refractivity contribution in [1.82, 2.24) is 4.90 Å². The minimum absolute atomic E-state index is 0.0471. The molecule has 0 radical (unpaired) electrons. The first-order valence-electron chi connectivity index (χ1n) is 17.8. The van der Waals surface area contributed by atoms with E-state index in [-0.39, 0.29) is 42.9 Å². The second kappa shape index (κ2) is 15.8. The highest BCUT2D eigenvalue weighted by molar-refractivity contribution is 6.23. The van der Waals surface area contributed by atoms with E-state index in [9.17, 15) is 41.9 Å². The van der Waals surface area contributed by atoms with E-state index in [4.69, 9.17) is 9.47 Å². The van der Waals surface area contributed by atoms with E-state index in [1.807, 2.05) is 6.92 Å². The average molecular weight is 745 g/mol. The van der Waals surface area contributed by atoms with Crippen LogP contribution in [-0.2, 0) is 41.6 Å². The van der Waals surface area contributed by atoms with Crippen molar-refractivity contribution in [2.24, 2.45) is 23.7 Å². The van der Waals surface area contributed by atoms with Crippen LogP contribution in [0.4, 0.5) is 18.9 Å². The van der Waals surface area contributed by atoms with Gasteiger partial charge in [-0.05, 0) is 103 Å². The van der Waals surface area contributed by atoms with E-state index < -0.39 is 54.1 Å². The zero-order chi connectivity index (χ0) is 38.7. The summed E-state index contributed by atoms with van der Waals surface area (Å²) in [6.07, 6.45) is -0.339. The van der Waals surface area contributed by atoms with Crippen molar-refractivity contribution in [3.8, 4) is 5.75 Å². The number of hydrogen-bond donors (Lipinski definition) is 0. The highest BCUT2D eigenvalue weighted by Crippen LogP contribution is 2.51. The largest absolute Gasteiger partial charge is 0.462 e. The number of likely N-dealkylation sites (tertiary alicyclic amines) is 1. The molecule has 13 heteroatoms. The lowest BCUT2D eigenvalue weighted by Crippen LogP contribution is -2.48. The third-order valence-electron chi connectivity index (χ3n) is 10.4. The Bertz CT molecular complexity index is 1990. The Hall–Kier alpha value is -5.59. The van der Waals surface area contributed by atoms with Crippen LogP contribution in [0, 0.1) is 30.6 Å². The number of esters is 2. The summed E-state index contributed by atoms with van der Waals surface area (Å²) in [4.78, 5) is 79.1. The first-order valence-corrected chi connectivity index (χ1v) is 17.8. The number of unbranched alkanes of at least 4 members (excludes halogenated alkanes) is 1. The van der Waals surface area contributed by atoms with Gasteiger partial charge in [-0.15, -0.1) is 0 Å². The highest BCUT2D eigenvalue weighted by atomic mass is 19.4. The number of halogens is 3. The molecule has 1 aliphatic carbocycles. The number of hydrogen-bond acceptors (Lipinski definition) is 8. The monoisotopic (exact) mass is 744 g/mol. The van der Waals surface area contributed by atoms with Crippen molar-refractivity contribution in [2.75, 3.05) is 18.6 Å². The number of rotatable bonds is 12. The molecule has 3 aromatic rings. The molecule has 4 atom stereocenters. The lowest BCUT2D eigenvalue weighted by Gasteiger charge is -2.32. The lowest BCUT2D eigenvalue weighted by atomic mass is 9.82. The number of anilines is 1. The second-order valence-electron chi connectivity index (χ2n) is 14.0. The first kappa shape index (κ1) is 38.1. The van der Waals surface area contributed by atoms with Crippen LogP contribution < -0.4 is 9.64 Å². The Morgan fingerprint density at radius 2 is 1.59 bits per heavy atom. The maximum Gasteiger partial charge on any atom is 0.389 e. The third-order valence-corrected chi connectivity index (χ3v) is 10.4. The van der Waals surface area contributed by atoms with E-state index in [1.165, 1.54) is 13.1 Å². The molecular formula is C41H39F3N2O8. The molecule has 1 saturated carbocycles. The van der Waals surface area contributed by atoms with E-state index in [0.29, 0.717) is 42.5 Å². The van der Waals surface area contributed by atoms with Crippen LogP contribution in [0.5, 0.6) is 5.75 Å². The molecule has 6 rings (SSSR count). The number of alkyl halides is 3. The summed E-state index contributed by atoms with van der Waals surface area (Å²) >= 11 is 0. The van der Waals surface area contributed by atoms with Gasteiger partial charge in [0.25, 0.3) is 0 Å². The Morgan fingerprint density at radius 3 is 2.28 bits per heavy atom. The molecule has 54 heavy (non-hydrogen) atoms. The molecule has 10 nitrogen and oxygen atoms in total. The maximum atomic E-state index is 13.5. The van der Waals surface area contributed by atoms with Gasteiger partial charge >= 0.3 is 18.1 Å². The number of benzene rings is 3. The summed E-state index contributed by atoms with van der Waals surface area (Å²) in [6.45, 7) is 1.92. The number of nitrogens with zero attached hydrogens (tertiary/aromatic N) is 2. The molecule has 4 amide bonds. The predicted molar refractivity (Wildman–Crippen MR) is 190 cm³/mol. The number of amides is 4. The van der Waals surface area contributed by atoms with E-state index in [0.717, 1.165) is 26.5 Å². The summed E-state index contributed by atoms with van der Waals surface area (Å²) in [5.74, 6) is -4.69. The van der Waals surface area contributed by atoms with Crippen molar-refractivity contribution in [3.05, 3.63) is 101 Å². The van der Waals surface area contributed by atoms with Gasteiger partial charge in [0, 0.05) is 32.4 Å². The summed E-state index contributed by atoms with van der Waals surface area (Å²) in [6, 6.07) is 18.2. The molecule has 0 N–H and O–H groups in total. The van der Waals surface area contributed by atoms with Crippen molar-refractivity contribution in [2.45, 2.75) is 58.0 Å². The number of imide groups is 2. The molecule has 2 aliphatic heterocycles. The van der Waals surface area contributed by atoms with Gasteiger partial charge in [0.2, 0.25) is 23.6 Å². The number of ether oxygens (including phenoxy) is 2. The van der Waals surface area contributed by atoms with Gasteiger partial charge in [0.05, 0.1) is 35.6 Å². The van der Waals surface area contributed by atoms with E-state index >= 15 is 0 Å². The van der Waals surface area contributed by atoms with E-state index in [1.54, 1.807) is 72.8 Å². The van der Waals surface area contributed by atoms with Gasteiger partial charge in [-0.1, -0.05) is 30.3 Å². The smallest absolute Gasteiger partial charge is 0.389 e. The Kier molecular flexibility index (Phi) is 11.2. The van der Waals surface area contributed by atoms with Crippen LogP contribution in [0.25, 0.3) is 6.08 Å². The topological polar surface area (TPSA) is 127 Å². The molecule has 3 aromatic carbocycles. The van der Waals surface area contributed by atoms with Gasteiger partial charge in [0.15, 0.2) is 0 Å². The minimum Gasteiger partial charge on any atom is -0.462 e. The lowest BCUT2D eigenvalue weighted by molar-refractivity contribution is -0.154. The summed E-state index contributed by atoms with van der Waals surface area (Å²) < 4.78 is 47.7. The van der Waals surface area contributed by atoms with Gasteiger partial charge in [-0.2, -0.15) is 13.2 Å². The number of piperidine rings is 1. The van der Waals surface area contributed by atoms with Crippen LogP contribution in [-0.4, -0.2) is 60.3 Å². The highest BCUT2D eigenvalue weighted by Gasteiger charge is 2.62. The maximum absolute atomic E-state index is 13.5. The van der Waals surface area contributed by atoms with Crippen molar-refractivity contribution < 1.29 is 51.4 Å². The Labute approximate surface area is 309 Å². The van der Waals surface area contributed by atoms with Gasteiger partial charge in [-0.3, -0.25) is 29.0 Å². The molecule has 2 saturated heterocycles. The average Bonchev–Trinajstić information content (AvgIpc) is 3.63. The minimum atomic E-state index is -4.16. The predicted octanol–water partition coefficient (Wildman–Crippen LogP) is 6.42. The first-order chi connectivity index (χ1) is 25.7. The standard InChI is InChI=1S/C41H39F3N2O8/c1-24-21-30(46-37(49)32-22-29-23-33(47)45(2)38(50)35(29)36(32)39(46)51)14-13-27(24)18-20-53-34(48)17-10-26-8-15-31(16-9-26)54-40(52)28-11-6-25(7-12-28)5-3-4-19-41(42,43)44/h6-17,21,29,32,35-36H,3-5,18-20,22-23H2,1-2H3/b17-10+. The fourth-order valence-corrected chi connectivity index (χ4v) is 7.54. The van der Waals surface area contributed by atoms with Crippen molar-refractivity contribution >= 4 is 47.3 Å². The number of carbonyl (C=O) groups is 6. The van der Waals surface area contributed by atoms with Crippen molar-refractivity contribution in [1.29, 1.82) is 0 Å². The van der Waals surface area contributed by atoms with Gasteiger partial charge in [0.1, 0.15) is 5.75 Å². The molecule has 3 aliphatic rings. The van der Waals surface area contributed by atoms with Crippen LogP contribution in [0.3, 0.4) is 0 Å². The molecule has 2 heterocycles. The zero-order valence-corrected chi connectivity index (χ0v) is 29.8. The number of carbonyl (C=O) groups excluding carboxylic acids is 6. The van der Waals surface area contributed by atoms with Gasteiger partial charge in [-0.25, -0.2) is 9.59 Å². The normalized spacial score (nSPS) is 21.1. The molecule has 0 bridgehead atoms. The Morgan fingerprint density at radius 1 is 0.870 bits per heavy atom. The third kappa shape index (κ3) is 8.45. The van der Waals surface area contributed by atoms with Crippen LogP contribution in [0.1, 0.15) is 64.7 Å².